The van der Waals surface area contributed by atoms with E-state index in [2.05, 4.69) is 22.9 Å². The molecule has 5 nitrogen and oxygen atoms in total. The van der Waals surface area contributed by atoms with Crippen LogP contribution < -0.4 is 10.6 Å². The highest BCUT2D eigenvalue weighted by atomic mass is 32.1. The molecule has 1 aliphatic rings. The van der Waals surface area contributed by atoms with E-state index in [4.69, 9.17) is 4.74 Å². The minimum Gasteiger partial charge on any atom is -0.385 e. The van der Waals surface area contributed by atoms with Gasteiger partial charge in [-0.3, -0.25) is 9.59 Å². The first-order chi connectivity index (χ1) is 6.15. The molecule has 0 saturated carbocycles. The van der Waals surface area contributed by atoms with Crippen molar-refractivity contribution in [1.29, 1.82) is 0 Å². The highest BCUT2D eigenvalue weighted by Gasteiger charge is 2.31. The van der Waals surface area contributed by atoms with E-state index < -0.39 is 5.92 Å². The summed E-state index contributed by atoms with van der Waals surface area (Å²) >= 11 is 4.63. The van der Waals surface area contributed by atoms with E-state index in [1.807, 2.05) is 0 Å². The van der Waals surface area contributed by atoms with Gasteiger partial charge in [0, 0.05) is 13.7 Å². The first-order valence-corrected chi connectivity index (χ1v) is 4.20. The van der Waals surface area contributed by atoms with Crippen molar-refractivity contribution in [3.05, 3.63) is 0 Å². The normalized spacial score (nSPS) is 18.4. The number of rotatable bonds is 3. The van der Waals surface area contributed by atoms with E-state index in [0.717, 1.165) is 0 Å². The molecule has 13 heavy (non-hydrogen) atoms. The summed E-state index contributed by atoms with van der Waals surface area (Å²) in [6, 6.07) is 0. The number of amides is 2. The largest absolute Gasteiger partial charge is 0.385 e. The minimum absolute atomic E-state index is 0.0728. The monoisotopic (exact) mass is 202 g/mol. The van der Waals surface area contributed by atoms with Gasteiger partial charge in [-0.05, 0) is 18.6 Å². The maximum absolute atomic E-state index is 11.2. The molecule has 0 aromatic rings. The van der Waals surface area contributed by atoms with Crippen LogP contribution in [-0.4, -0.2) is 30.6 Å². The molecule has 0 unspecified atom stereocenters. The molecule has 1 fully saturated rings. The van der Waals surface area contributed by atoms with Crippen LogP contribution in [0.2, 0.25) is 0 Å². The van der Waals surface area contributed by atoms with E-state index in [0.29, 0.717) is 13.0 Å². The molecular formula is C7H10N2O3S. The fourth-order valence-electron chi connectivity index (χ4n) is 1.05. The Morgan fingerprint density at radius 2 is 1.92 bits per heavy atom. The van der Waals surface area contributed by atoms with Gasteiger partial charge in [-0.15, -0.1) is 0 Å². The highest BCUT2D eigenvalue weighted by molar-refractivity contribution is 7.80. The van der Waals surface area contributed by atoms with Crippen LogP contribution in [0.4, 0.5) is 0 Å². The predicted molar refractivity (Wildman–Crippen MR) is 48.9 cm³/mol. The SMILES string of the molecule is COCCC1C(=O)NC(=S)NC1=O. The fourth-order valence-corrected chi connectivity index (χ4v) is 1.25. The van der Waals surface area contributed by atoms with E-state index in [1.165, 1.54) is 7.11 Å². The highest BCUT2D eigenvalue weighted by Crippen LogP contribution is 2.06. The molecule has 0 spiro atoms. The van der Waals surface area contributed by atoms with Crippen LogP contribution in [0.15, 0.2) is 0 Å². The molecular weight excluding hydrogens is 192 g/mol. The van der Waals surface area contributed by atoms with Crippen LogP contribution in [0.25, 0.3) is 0 Å². The molecule has 0 aromatic heterocycles. The Morgan fingerprint density at radius 3 is 2.38 bits per heavy atom. The van der Waals surface area contributed by atoms with Crippen LogP contribution in [0, 0.1) is 5.92 Å². The molecule has 0 radical (unpaired) electrons. The molecule has 1 heterocycles. The van der Waals surface area contributed by atoms with E-state index in [9.17, 15) is 9.59 Å². The third-order valence-electron chi connectivity index (χ3n) is 1.72. The van der Waals surface area contributed by atoms with Gasteiger partial charge in [-0.25, -0.2) is 0 Å². The molecule has 2 amide bonds. The van der Waals surface area contributed by atoms with E-state index in [1.54, 1.807) is 0 Å². The van der Waals surface area contributed by atoms with Crippen molar-refractivity contribution in [2.24, 2.45) is 5.92 Å². The Kier molecular flexibility index (Phi) is 3.32. The molecule has 0 aromatic carbocycles. The number of carbonyl (C=O) groups is 2. The van der Waals surface area contributed by atoms with E-state index >= 15 is 0 Å². The van der Waals surface area contributed by atoms with Crippen molar-refractivity contribution in [1.82, 2.24) is 10.6 Å². The van der Waals surface area contributed by atoms with Crippen LogP contribution in [0.5, 0.6) is 0 Å². The molecule has 2 N–H and O–H groups in total. The molecule has 1 saturated heterocycles. The van der Waals surface area contributed by atoms with Crippen molar-refractivity contribution in [3.8, 4) is 0 Å². The number of hydrogen-bond donors (Lipinski definition) is 2. The molecule has 0 bridgehead atoms. The quantitative estimate of drug-likeness (QED) is 0.463. The molecule has 1 aliphatic heterocycles. The summed E-state index contributed by atoms with van der Waals surface area (Å²) in [4.78, 5) is 22.4. The standard InChI is InChI=1S/C7H10N2O3S/c1-12-3-2-4-5(10)8-7(13)9-6(4)11/h4H,2-3H2,1H3,(H2,8,9,10,11,13). The Hall–Kier alpha value is -1.01. The lowest BCUT2D eigenvalue weighted by Gasteiger charge is -2.21. The maximum Gasteiger partial charge on any atom is 0.238 e. The Bertz CT molecular complexity index is 234. The van der Waals surface area contributed by atoms with Crippen LogP contribution in [0.1, 0.15) is 6.42 Å². The number of nitrogens with one attached hydrogen (secondary N) is 2. The van der Waals surface area contributed by atoms with Crippen molar-refractivity contribution >= 4 is 29.1 Å². The lowest BCUT2D eigenvalue weighted by Crippen LogP contribution is -2.55. The minimum atomic E-state index is -0.688. The number of thiocarbonyl (C=S) groups is 1. The van der Waals surface area contributed by atoms with Gasteiger partial charge in [0.05, 0.1) is 0 Å². The number of hydrogen-bond acceptors (Lipinski definition) is 4. The van der Waals surface area contributed by atoms with Crippen molar-refractivity contribution in [3.63, 3.8) is 0 Å². The second kappa shape index (κ2) is 4.29. The first kappa shape index (κ1) is 10.1. The van der Waals surface area contributed by atoms with Gasteiger partial charge in [0.1, 0.15) is 5.92 Å². The predicted octanol–water partition coefficient (Wildman–Crippen LogP) is -0.830. The van der Waals surface area contributed by atoms with Gasteiger partial charge in [-0.2, -0.15) is 0 Å². The fraction of sp³-hybridized carbons (Fsp3) is 0.571. The molecule has 0 aliphatic carbocycles. The average molecular weight is 202 g/mol. The second-order valence-corrected chi connectivity index (χ2v) is 3.05. The zero-order valence-electron chi connectivity index (χ0n) is 7.12. The zero-order chi connectivity index (χ0) is 9.84. The summed E-state index contributed by atoms with van der Waals surface area (Å²) in [6.07, 6.45) is 0.372. The summed E-state index contributed by atoms with van der Waals surface area (Å²) in [6.45, 7) is 0.373. The van der Waals surface area contributed by atoms with Gasteiger partial charge in [0.2, 0.25) is 11.8 Å². The Morgan fingerprint density at radius 1 is 1.38 bits per heavy atom. The van der Waals surface area contributed by atoms with E-state index in [-0.39, 0.29) is 16.9 Å². The van der Waals surface area contributed by atoms with Gasteiger partial charge in [-0.1, -0.05) is 0 Å². The lowest BCUT2D eigenvalue weighted by atomic mass is 10.0. The Balaban J connectivity index is 2.56. The third kappa shape index (κ3) is 2.46. The van der Waals surface area contributed by atoms with Crippen LogP contribution in [0.3, 0.4) is 0 Å². The van der Waals surface area contributed by atoms with Crippen LogP contribution >= 0.6 is 12.2 Å². The van der Waals surface area contributed by atoms with Crippen molar-refractivity contribution in [2.45, 2.75) is 6.42 Å². The molecule has 1 rings (SSSR count). The zero-order valence-corrected chi connectivity index (χ0v) is 7.94. The smallest absolute Gasteiger partial charge is 0.238 e. The maximum atomic E-state index is 11.2. The first-order valence-electron chi connectivity index (χ1n) is 3.79. The summed E-state index contributed by atoms with van der Waals surface area (Å²) in [5, 5.41) is 4.82. The second-order valence-electron chi connectivity index (χ2n) is 2.64. The van der Waals surface area contributed by atoms with Gasteiger partial charge < -0.3 is 15.4 Å². The number of carbonyl (C=O) groups excluding carboxylic acids is 2. The lowest BCUT2D eigenvalue weighted by molar-refractivity contribution is -0.135. The molecule has 0 atom stereocenters. The summed E-state index contributed by atoms with van der Waals surface area (Å²) in [5.41, 5.74) is 0. The van der Waals surface area contributed by atoms with Crippen molar-refractivity contribution in [2.75, 3.05) is 13.7 Å². The topological polar surface area (TPSA) is 67.4 Å². The van der Waals surface area contributed by atoms with Gasteiger partial charge >= 0.3 is 0 Å². The molecule has 72 valence electrons. The van der Waals surface area contributed by atoms with Crippen LogP contribution in [-0.2, 0) is 14.3 Å². The summed E-state index contributed by atoms with van der Waals surface area (Å²) < 4.78 is 4.78. The number of ether oxygens (including phenoxy) is 1. The third-order valence-corrected chi connectivity index (χ3v) is 1.92. The van der Waals surface area contributed by atoms with Gasteiger partial charge in [0.25, 0.3) is 0 Å². The Labute approximate surface area is 80.8 Å². The molecule has 6 heteroatoms. The van der Waals surface area contributed by atoms with Gasteiger partial charge in [0.15, 0.2) is 5.11 Å². The summed E-state index contributed by atoms with van der Waals surface area (Å²) in [5.74, 6) is -1.40. The summed E-state index contributed by atoms with van der Waals surface area (Å²) in [7, 11) is 1.52. The number of methoxy groups -OCH3 is 1. The van der Waals surface area contributed by atoms with Crippen molar-refractivity contribution < 1.29 is 14.3 Å². The average Bonchev–Trinajstić information content (AvgIpc) is 2.02.